The highest BCUT2D eigenvalue weighted by atomic mass is 16.6. The molecular formula is C14H19N3O5. The summed E-state index contributed by atoms with van der Waals surface area (Å²) in [6, 6.07) is 4.84. The predicted octanol–water partition coefficient (Wildman–Crippen LogP) is 2.45. The minimum absolute atomic E-state index is 0.0651. The van der Waals surface area contributed by atoms with E-state index in [9.17, 15) is 19.7 Å². The molecule has 0 saturated carbocycles. The maximum absolute atomic E-state index is 12.0. The van der Waals surface area contributed by atoms with Crippen molar-refractivity contribution in [3.8, 4) is 0 Å². The van der Waals surface area contributed by atoms with E-state index in [2.05, 4.69) is 10.6 Å². The number of anilines is 1. The van der Waals surface area contributed by atoms with Crippen LogP contribution in [0.25, 0.3) is 0 Å². The van der Waals surface area contributed by atoms with Crippen LogP contribution in [0.3, 0.4) is 0 Å². The summed E-state index contributed by atoms with van der Waals surface area (Å²) < 4.78 is 5.03. The van der Waals surface area contributed by atoms with Gasteiger partial charge in [0.05, 0.1) is 4.92 Å². The van der Waals surface area contributed by atoms with Crippen LogP contribution in [0.1, 0.15) is 27.7 Å². The molecule has 2 amide bonds. The summed E-state index contributed by atoms with van der Waals surface area (Å²) >= 11 is 0. The number of hydrogen-bond donors (Lipinski definition) is 2. The number of para-hydroxylation sites is 2. The third-order valence-corrected chi connectivity index (χ3v) is 2.49. The molecule has 1 aromatic carbocycles. The second-order valence-corrected chi connectivity index (χ2v) is 5.63. The van der Waals surface area contributed by atoms with E-state index in [1.165, 1.54) is 25.1 Å². The average molecular weight is 309 g/mol. The van der Waals surface area contributed by atoms with E-state index in [-0.39, 0.29) is 11.4 Å². The maximum atomic E-state index is 12.0. The summed E-state index contributed by atoms with van der Waals surface area (Å²) in [6.45, 7) is 6.55. The smallest absolute Gasteiger partial charge is 0.408 e. The van der Waals surface area contributed by atoms with Gasteiger partial charge in [0.2, 0.25) is 5.91 Å². The molecule has 22 heavy (non-hydrogen) atoms. The highest BCUT2D eigenvalue weighted by molar-refractivity contribution is 5.97. The minimum Gasteiger partial charge on any atom is -0.444 e. The molecule has 0 saturated heterocycles. The van der Waals surface area contributed by atoms with Crippen LogP contribution >= 0.6 is 0 Å². The number of rotatable bonds is 4. The van der Waals surface area contributed by atoms with Crippen LogP contribution in [0.15, 0.2) is 24.3 Å². The zero-order chi connectivity index (χ0) is 16.9. The van der Waals surface area contributed by atoms with Gasteiger partial charge in [0.1, 0.15) is 17.3 Å². The van der Waals surface area contributed by atoms with Crippen molar-refractivity contribution in [2.75, 3.05) is 5.32 Å². The van der Waals surface area contributed by atoms with Crippen molar-refractivity contribution >= 4 is 23.4 Å². The summed E-state index contributed by atoms with van der Waals surface area (Å²) in [6.07, 6.45) is -0.738. The number of hydrogen-bond acceptors (Lipinski definition) is 5. The van der Waals surface area contributed by atoms with Crippen LogP contribution in [-0.4, -0.2) is 28.6 Å². The summed E-state index contributed by atoms with van der Waals surface area (Å²) in [5.41, 5.74) is -0.839. The predicted molar refractivity (Wildman–Crippen MR) is 80.6 cm³/mol. The zero-order valence-electron chi connectivity index (χ0n) is 12.9. The van der Waals surface area contributed by atoms with Crippen LogP contribution in [0, 0.1) is 10.1 Å². The molecule has 1 atom stereocenters. The molecule has 1 aromatic rings. The van der Waals surface area contributed by atoms with Gasteiger partial charge < -0.3 is 15.4 Å². The molecule has 2 N–H and O–H groups in total. The minimum atomic E-state index is -0.908. The van der Waals surface area contributed by atoms with E-state index >= 15 is 0 Å². The molecule has 0 aromatic heterocycles. The molecule has 0 heterocycles. The number of nitrogens with one attached hydrogen (secondary N) is 2. The van der Waals surface area contributed by atoms with Gasteiger partial charge in [0.15, 0.2) is 0 Å². The molecule has 0 aliphatic carbocycles. The van der Waals surface area contributed by atoms with Gasteiger partial charge in [-0.1, -0.05) is 12.1 Å². The molecule has 8 nitrogen and oxygen atoms in total. The molecule has 120 valence electrons. The van der Waals surface area contributed by atoms with Gasteiger partial charge in [0.25, 0.3) is 5.69 Å². The highest BCUT2D eigenvalue weighted by Gasteiger charge is 2.22. The monoisotopic (exact) mass is 309 g/mol. The topological polar surface area (TPSA) is 111 Å². The van der Waals surface area contributed by atoms with Crippen LogP contribution in [0.5, 0.6) is 0 Å². The molecule has 0 radical (unpaired) electrons. The van der Waals surface area contributed by atoms with Crippen molar-refractivity contribution in [1.29, 1.82) is 0 Å². The fourth-order valence-electron chi connectivity index (χ4n) is 1.53. The number of nitrogens with zero attached hydrogens (tertiary/aromatic N) is 1. The van der Waals surface area contributed by atoms with Crippen molar-refractivity contribution in [2.45, 2.75) is 39.3 Å². The normalized spacial score (nSPS) is 12.2. The Hall–Kier alpha value is -2.64. The lowest BCUT2D eigenvalue weighted by atomic mass is 10.2. The zero-order valence-corrected chi connectivity index (χ0v) is 12.9. The first-order valence-electron chi connectivity index (χ1n) is 6.64. The lowest BCUT2D eigenvalue weighted by Gasteiger charge is -2.21. The third kappa shape index (κ3) is 5.39. The number of ether oxygens (including phenoxy) is 1. The Bertz CT molecular complexity index is 580. The van der Waals surface area contributed by atoms with Crippen molar-refractivity contribution in [3.63, 3.8) is 0 Å². The Kier molecular flexibility index (Phi) is 5.44. The maximum Gasteiger partial charge on any atom is 0.408 e. The van der Waals surface area contributed by atoms with E-state index in [0.717, 1.165) is 0 Å². The van der Waals surface area contributed by atoms with E-state index in [0.29, 0.717) is 0 Å². The van der Waals surface area contributed by atoms with Crippen LogP contribution < -0.4 is 10.6 Å². The lowest BCUT2D eigenvalue weighted by molar-refractivity contribution is -0.383. The Balaban J connectivity index is 2.69. The first-order valence-corrected chi connectivity index (χ1v) is 6.64. The molecular weight excluding hydrogens is 290 g/mol. The van der Waals surface area contributed by atoms with Gasteiger partial charge in [-0.3, -0.25) is 14.9 Å². The summed E-state index contributed by atoms with van der Waals surface area (Å²) in [7, 11) is 0. The van der Waals surface area contributed by atoms with Crippen LogP contribution in [-0.2, 0) is 9.53 Å². The van der Waals surface area contributed by atoms with E-state index < -0.39 is 28.6 Å². The quantitative estimate of drug-likeness (QED) is 0.655. The summed E-state index contributed by atoms with van der Waals surface area (Å²) in [5, 5.41) is 15.6. The number of alkyl carbamates (subject to hydrolysis) is 1. The van der Waals surface area contributed by atoms with Crippen molar-refractivity contribution < 1.29 is 19.2 Å². The average Bonchev–Trinajstić information content (AvgIpc) is 2.36. The van der Waals surface area contributed by atoms with Crippen molar-refractivity contribution in [1.82, 2.24) is 5.32 Å². The van der Waals surface area contributed by atoms with Gasteiger partial charge in [-0.25, -0.2) is 4.79 Å². The molecule has 1 unspecified atom stereocenters. The summed E-state index contributed by atoms with van der Waals surface area (Å²) in [4.78, 5) is 33.8. The number of nitro benzene ring substituents is 1. The SMILES string of the molecule is CC(NC(=O)OC(C)(C)C)C(=O)Nc1ccccc1[N+](=O)[O-]. The van der Waals surface area contributed by atoms with E-state index in [1.807, 2.05) is 0 Å². The van der Waals surface area contributed by atoms with E-state index in [1.54, 1.807) is 26.8 Å². The van der Waals surface area contributed by atoms with Gasteiger partial charge in [-0.15, -0.1) is 0 Å². The highest BCUT2D eigenvalue weighted by Crippen LogP contribution is 2.23. The summed E-state index contributed by atoms with van der Waals surface area (Å²) in [5.74, 6) is -0.583. The lowest BCUT2D eigenvalue weighted by Crippen LogP contribution is -2.44. The first kappa shape index (κ1) is 17.4. The molecule has 0 bridgehead atoms. The molecule has 1 rings (SSSR count). The number of amides is 2. The van der Waals surface area contributed by atoms with Gasteiger partial charge in [0, 0.05) is 6.07 Å². The fourth-order valence-corrected chi connectivity index (χ4v) is 1.53. The largest absolute Gasteiger partial charge is 0.444 e. The Morgan fingerprint density at radius 2 is 1.86 bits per heavy atom. The second-order valence-electron chi connectivity index (χ2n) is 5.63. The van der Waals surface area contributed by atoms with Crippen molar-refractivity contribution in [2.24, 2.45) is 0 Å². The Morgan fingerprint density at radius 1 is 1.27 bits per heavy atom. The van der Waals surface area contributed by atoms with Gasteiger partial charge >= 0.3 is 6.09 Å². The molecule has 0 fully saturated rings. The molecule has 0 spiro atoms. The third-order valence-electron chi connectivity index (χ3n) is 2.49. The molecule has 0 aliphatic heterocycles. The van der Waals surface area contributed by atoms with Crippen molar-refractivity contribution in [3.05, 3.63) is 34.4 Å². The molecule has 8 heteroatoms. The van der Waals surface area contributed by atoms with Gasteiger partial charge in [-0.2, -0.15) is 0 Å². The standard InChI is InChI=1S/C14H19N3O5/c1-9(15-13(19)22-14(2,3)4)12(18)16-10-7-5-6-8-11(10)17(20)21/h5-9H,1-4H3,(H,15,19)(H,16,18). The fraction of sp³-hybridized carbons (Fsp3) is 0.429. The number of nitro groups is 1. The van der Waals surface area contributed by atoms with E-state index in [4.69, 9.17) is 4.74 Å². The number of carbonyl (C=O) groups excluding carboxylic acids is 2. The molecule has 0 aliphatic rings. The Labute approximate surface area is 128 Å². The Morgan fingerprint density at radius 3 is 2.41 bits per heavy atom. The first-order chi connectivity index (χ1) is 10.1. The van der Waals surface area contributed by atoms with Gasteiger partial charge in [-0.05, 0) is 33.8 Å². The van der Waals surface area contributed by atoms with Crippen LogP contribution in [0.4, 0.5) is 16.2 Å². The number of carbonyl (C=O) groups is 2. The number of benzene rings is 1. The van der Waals surface area contributed by atoms with Crippen LogP contribution in [0.2, 0.25) is 0 Å². The second kappa shape index (κ2) is 6.88.